The summed E-state index contributed by atoms with van der Waals surface area (Å²) in [4.78, 5) is 3.74. The smallest absolute Gasteiger partial charge is 0.382 e. The number of hydrogen-bond donors (Lipinski definition) is 1. The predicted molar refractivity (Wildman–Crippen MR) is 74.0 cm³/mol. The molecule has 1 heterocycles. The second kappa shape index (κ2) is 5.48. The van der Waals surface area contributed by atoms with E-state index in [1.807, 2.05) is 32.9 Å². The van der Waals surface area contributed by atoms with Gasteiger partial charge in [-0.25, -0.2) is 0 Å². The maximum atomic E-state index is 12.5. The second-order valence-electron chi connectivity index (χ2n) is 5.17. The first-order chi connectivity index (χ1) is 9.70. The van der Waals surface area contributed by atoms with Gasteiger partial charge in [0.25, 0.3) is 0 Å². The Morgan fingerprint density at radius 2 is 1.62 bits per heavy atom. The topological polar surface area (TPSA) is 33.1 Å². The molecule has 0 aliphatic rings. The summed E-state index contributed by atoms with van der Waals surface area (Å²) >= 11 is 0. The fourth-order valence-electron chi connectivity index (χ4n) is 2.17. The molecule has 2 rings (SSSR count). The fourth-order valence-corrected chi connectivity index (χ4v) is 2.17. The van der Waals surface area contributed by atoms with Crippen LogP contribution in [0, 0.1) is 20.8 Å². The van der Waals surface area contributed by atoms with Gasteiger partial charge in [0, 0.05) is 6.20 Å². The number of rotatable bonds is 2. The van der Waals surface area contributed by atoms with Gasteiger partial charge in [-0.2, -0.15) is 13.2 Å². The summed E-state index contributed by atoms with van der Waals surface area (Å²) in [6.07, 6.45) is -4.71. The van der Waals surface area contributed by atoms with Crippen LogP contribution in [0.4, 0.5) is 13.2 Å². The van der Waals surface area contributed by atoms with Crippen LogP contribution in [0.1, 0.15) is 39.6 Å². The normalized spacial score (nSPS) is 13.3. The second-order valence-corrected chi connectivity index (χ2v) is 5.17. The van der Waals surface area contributed by atoms with E-state index in [4.69, 9.17) is 0 Å². The number of aliphatic hydroxyl groups is 1. The van der Waals surface area contributed by atoms with Crippen molar-refractivity contribution in [1.82, 2.24) is 4.98 Å². The first kappa shape index (κ1) is 15.5. The summed E-state index contributed by atoms with van der Waals surface area (Å²) in [6, 6.07) is 5.93. The van der Waals surface area contributed by atoms with Gasteiger partial charge in [-0.3, -0.25) is 4.98 Å². The van der Waals surface area contributed by atoms with Crippen LogP contribution in [-0.4, -0.2) is 10.1 Å². The summed E-state index contributed by atoms with van der Waals surface area (Å²) in [5.74, 6) is 0. The molecule has 0 bridgehead atoms. The largest absolute Gasteiger partial charge is 0.417 e. The molecule has 5 heteroatoms. The molecule has 1 aromatic heterocycles. The molecule has 2 nitrogen and oxygen atoms in total. The van der Waals surface area contributed by atoms with Crippen LogP contribution in [0.5, 0.6) is 0 Å². The molecular formula is C16H16F3NO. The molecule has 112 valence electrons. The summed E-state index contributed by atoms with van der Waals surface area (Å²) < 4.78 is 37.5. The Kier molecular flexibility index (Phi) is 4.05. The van der Waals surface area contributed by atoms with Crippen LogP contribution in [0.25, 0.3) is 0 Å². The highest BCUT2D eigenvalue weighted by Gasteiger charge is 2.31. The minimum atomic E-state index is -4.42. The number of benzene rings is 1. The molecule has 0 saturated heterocycles. The third kappa shape index (κ3) is 3.24. The van der Waals surface area contributed by atoms with E-state index >= 15 is 0 Å². The van der Waals surface area contributed by atoms with E-state index in [9.17, 15) is 18.3 Å². The Morgan fingerprint density at radius 3 is 2.14 bits per heavy atom. The van der Waals surface area contributed by atoms with Gasteiger partial charge in [-0.05, 0) is 55.2 Å². The first-order valence-electron chi connectivity index (χ1n) is 6.49. The summed E-state index contributed by atoms with van der Waals surface area (Å²) in [5.41, 5.74) is 3.03. The van der Waals surface area contributed by atoms with E-state index < -0.39 is 17.8 Å². The van der Waals surface area contributed by atoms with Crippen molar-refractivity contribution in [3.05, 3.63) is 64.0 Å². The zero-order chi connectivity index (χ0) is 15.8. The standard InChI is InChI=1S/C16H16F3NO/c1-9-6-11(3)13(7-10(9)2)15(21)14-5-4-12(8-20-14)16(17,18)19/h4-8,15,21H,1-3H3. The highest BCUT2D eigenvalue weighted by Crippen LogP contribution is 2.30. The lowest BCUT2D eigenvalue weighted by atomic mass is 9.95. The van der Waals surface area contributed by atoms with Gasteiger partial charge in [0.2, 0.25) is 0 Å². The molecule has 0 spiro atoms. The minimum absolute atomic E-state index is 0.203. The maximum absolute atomic E-state index is 12.5. The third-order valence-electron chi connectivity index (χ3n) is 3.57. The van der Waals surface area contributed by atoms with Crippen LogP contribution >= 0.6 is 0 Å². The average Bonchev–Trinajstić information content (AvgIpc) is 2.41. The van der Waals surface area contributed by atoms with Crippen LogP contribution < -0.4 is 0 Å². The lowest BCUT2D eigenvalue weighted by Crippen LogP contribution is -2.09. The number of nitrogens with zero attached hydrogens (tertiary/aromatic N) is 1. The van der Waals surface area contributed by atoms with Gasteiger partial charge < -0.3 is 5.11 Å². The number of aliphatic hydroxyl groups excluding tert-OH is 1. The van der Waals surface area contributed by atoms with Crippen molar-refractivity contribution < 1.29 is 18.3 Å². The zero-order valence-electron chi connectivity index (χ0n) is 12.0. The van der Waals surface area contributed by atoms with Gasteiger partial charge >= 0.3 is 6.18 Å². The molecule has 0 amide bonds. The molecule has 1 aromatic carbocycles. The van der Waals surface area contributed by atoms with Gasteiger partial charge in [-0.1, -0.05) is 12.1 Å². The lowest BCUT2D eigenvalue weighted by molar-refractivity contribution is -0.137. The average molecular weight is 295 g/mol. The van der Waals surface area contributed by atoms with Gasteiger partial charge in [-0.15, -0.1) is 0 Å². The molecule has 2 aromatic rings. The Labute approximate surface area is 121 Å². The minimum Gasteiger partial charge on any atom is -0.382 e. The third-order valence-corrected chi connectivity index (χ3v) is 3.57. The molecule has 0 aliphatic carbocycles. The van der Waals surface area contributed by atoms with E-state index in [2.05, 4.69) is 4.98 Å². The number of halogens is 3. The van der Waals surface area contributed by atoms with Crippen molar-refractivity contribution in [3.63, 3.8) is 0 Å². The van der Waals surface area contributed by atoms with Crippen LogP contribution in [0.3, 0.4) is 0 Å². The van der Waals surface area contributed by atoms with E-state index in [1.54, 1.807) is 0 Å². The van der Waals surface area contributed by atoms with Crippen molar-refractivity contribution in [3.8, 4) is 0 Å². The maximum Gasteiger partial charge on any atom is 0.417 e. The Balaban J connectivity index is 2.36. The highest BCUT2D eigenvalue weighted by molar-refractivity contribution is 5.40. The van der Waals surface area contributed by atoms with Gasteiger partial charge in [0.05, 0.1) is 11.3 Å². The number of aryl methyl sites for hydroxylation is 3. The molecule has 0 radical (unpaired) electrons. The molecular weight excluding hydrogens is 279 g/mol. The number of aromatic nitrogens is 1. The van der Waals surface area contributed by atoms with Gasteiger partial charge in [0.1, 0.15) is 6.10 Å². The van der Waals surface area contributed by atoms with Crippen molar-refractivity contribution in [2.45, 2.75) is 33.1 Å². The zero-order valence-corrected chi connectivity index (χ0v) is 12.0. The van der Waals surface area contributed by atoms with Crippen molar-refractivity contribution in [1.29, 1.82) is 0 Å². The number of alkyl halides is 3. The molecule has 0 aliphatic heterocycles. The predicted octanol–water partition coefficient (Wildman–Crippen LogP) is 4.11. The van der Waals surface area contributed by atoms with Crippen LogP contribution in [0.15, 0.2) is 30.5 Å². The molecule has 0 saturated carbocycles. The summed E-state index contributed by atoms with van der Waals surface area (Å²) in [6.45, 7) is 5.75. The number of pyridine rings is 1. The lowest BCUT2D eigenvalue weighted by Gasteiger charge is -2.16. The van der Waals surface area contributed by atoms with E-state index in [0.717, 1.165) is 29.0 Å². The van der Waals surface area contributed by atoms with Crippen molar-refractivity contribution >= 4 is 0 Å². The molecule has 1 unspecified atom stereocenters. The SMILES string of the molecule is Cc1cc(C)c(C(O)c2ccc(C(F)(F)F)cn2)cc1C. The molecule has 1 N–H and O–H groups in total. The number of hydrogen-bond acceptors (Lipinski definition) is 2. The van der Waals surface area contributed by atoms with E-state index in [0.29, 0.717) is 5.56 Å². The van der Waals surface area contributed by atoms with Crippen LogP contribution in [0.2, 0.25) is 0 Å². The molecule has 21 heavy (non-hydrogen) atoms. The Bertz CT molecular complexity index is 648. The summed E-state index contributed by atoms with van der Waals surface area (Å²) in [5, 5.41) is 10.3. The van der Waals surface area contributed by atoms with Crippen molar-refractivity contribution in [2.75, 3.05) is 0 Å². The highest BCUT2D eigenvalue weighted by atomic mass is 19.4. The Hall–Kier alpha value is -1.88. The monoisotopic (exact) mass is 295 g/mol. The summed E-state index contributed by atoms with van der Waals surface area (Å²) in [7, 11) is 0. The van der Waals surface area contributed by atoms with Crippen molar-refractivity contribution in [2.24, 2.45) is 0 Å². The quantitative estimate of drug-likeness (QED) is 0.904. The van der Waals surface area contributed by atoms with Crippen LogP contribution in [-0.2, 0) is 6.18 Å². The molecule has 1 atom stereocenters. The fraction of sp³-hybridized carbons (Fsp3) is 0.312. The molecule has 0 fully saturated rings. The first-order valence-corrected chi connectivity index (χ1v) is 6.49. The Morgan fingerprint density at radius 1 is 1.00 bits per heavy atom. The van der Waals surface area contributed by atoms with E-state index in [1.165, 1.54) is 6.07 Å². The van der Waals surface area contributed by atoms with E-state index in [-0.39, 0.29) is 5.69 Å². The van der Waals surface area contributed by atoms with Gasteiger partial charge in [0.15, 0.2) is 0 Å².